The molecule has 1 heterocycles. The average molecular weight is 155 g/mol. The molecule has 0 atom stereocenters. The van der Waals surface area contributed by atoms with Crippen LogP contribution in [0.15, 0.2) is 18.3 Å². The van der Waals surface area contributed by atoms with Crippen LogP contribution in [0.2, 0.25) is 0 Å². The number of aryl methyl sites for hydroxylation is 1. The van der Waals surface area contributed by atoms with Crippen molar-refractivity contribution in [1.82, 2.24) is 4.98 Å². The first-order valence-corrected chi connectivity index (χ1v) is 3.85. The van der Waals surface area contributed by atoms with Gasteiger partial charge < -0.3 is 4.98 Å². The second-order valence-corrected chi connectivity index (χ2v) is 2.17. The summed E-state index contributed by atoms with van der Waals surface area (Å²) >= 11 is 4.84. The highest BCUT2D eigenvalue weighted by atomic mass is 32.1. The van der Waals surface area contributed by atoms with Gasteiger partial charge in [-0.3, -0.25) is 0 Å². The highest BCUT2D eigenvalue weighted by Gasteiger charge is 1.77. The number of nitrogens with one attached hydrogen (secondary N) is 1. The van der Waals surface area contributed by atoms with Crippen LogP contribution in [0.3, 0.4) is 0 Å². The van der Waals surface area contributed by atoms with Gasteiger partial charge in [0, 0.05) is 6.20 Å². The number of aromatic amines is 1. The molecule has 0 aliphatic rings. The zero-order valence-electron chi connectivity index (χ0n) is 6.64. The number of pyridine rings is 1. The molecule has 0 bridgehead atoms. The van der Waals surface area contributed by atoms with Gasteiger partial charge in [-0.25, -0.2) is 0 Å². The summed E-state index contributed by atoms with van der Waals surface area (Å²) in [4.78, 5) is 2.89. The van der Waals surface area contributed by atoms with E-state index in [-0.39, 0.29) is 0 Å². The first kappa shape index (κ1) is 9.37. The lowest BCUT2D eigenvalue weighted by Crippen LogP contribution is -1.72. The van der Waals surface area contributed by atoms with E-state index in [0.29, 0.717) is 0 Å². The van der Waals surface area contributed by atoms with Crippen molar-refractivity contribution < 1.29 is 0 Å². The standard InChI is InChI=1S/C6H7NS.C2H6/c1-5-2-3-7-6(8)4-5;1-2/h2-4H,1H3,(H,7,8);1-2H3. The monoisotopic (exact) mass is 155 g/mol. The van der Waals surface area contributed by atoms with Gasteiger partial charge in [0.25, 0.3) is 0 Å². The average Bonchev–Trinajstić information content (AvgIpc) is 1.91. The van der Waals surface area contributed by atoms with Crippen LogP contribution in [-0.4, -0.2) is 4.98 Å². The summed E-state index contributed by atoms with van der Waals surface area (Å²) in [6.45, 7) is 6.02. The Balaban J connectivity index is 0.000000371. The summed E-state index contributed by atoms with van der Waals surface area (Å²) in [5.74, 6) is 0. The second-order valence-electron chi connectivity index (χ2n) is 1.73. The van der Waals surface area contributed by atoms with E-state index in [1.54, 1.807) is 0 Å². The van der Waals surface area contributed by atoms with E-state index in [2.05, 4.69) is 4.98 Å². The molecule has 0 radical (unpaired) electrons. The van der Waals surface area contributed by atoms with Crippen molar-refractivity contribution in [3.8, 4) is 0 Å². The zero-order valence-corrected chi connectivity index (χ0v) is 7.46. The Kier molecular flexibility index (Phi) is 4.85. The minimum absolute atomic E-state index is 0.796. The molecular weight excluding hydrogens is 142 g/mol. The minimum Gasteiger partial charge on any atom is -0.353 e. The Hall–Kier alpha value is -0.630. The summed E-state index contributed by atoms with van der Waals surface area (Å²) in [7, 11) is 0. The molecule has 0 aromatic carbocycles. The predicted octanol–water partition coefficient (Wildman–Crippen LogP) is 3.08. The van der Waals surface area contributed by atoms with Gasteiger partial charge in [0.2, 0.25) is 0 Å². The maximum Gasteiger partial charge on any atom is 0.103 e. The highest BCUT2D eigenvalue weighted by molar-refractivity contribution is 7.71. The fourth-order valence-electron chi connectivity index (χ4n) is 0.552. The van der Waals surface area contributed by atoms with E-state index in [0.717, 1.165) is 4.64 Å². The van der Waals surface area contributed by atoms with Gasteiger partial charge >= 0.3 is 0 Å². The van der Waals surface area contributed by atoms with Crippen LogP contribution in [0, 0.1) is 11.6 Å². The molecule has 1 aromatic heterocycles. The lowest BCUT2D eigenvalue weighted by Gasteiger charge is -1.85. The van der Waals surface area contributed by atoms with Crippen LogP contribution in [0.1, 0.15) is 19.4 Å². The van der Waals surface area contributed by atoms with Crippen molar-refractivity contribution in [3.63, 3.8) is 0 Å². The third-order valence-electron chi connectivity index (χ3n) is 0.931. The van der Waals surface area contributed by atoms with Gasteiger partial charge in [0.05, 0.1) is 0 Å². The maximum absolute atomic E-state index is 4.84. The van der Waals surface area contributed by atoms with Crippen LogP contribution in [0.5, 0.6) is 0 Å². The summed E-state index contributed by atoms with van der Waals surface area (Å²) in [6, 6.07) is 3.91. The Bertz CT molecular complexity index is 227. The highest BCUT2D eigenvalue weighted by Crippen LogP contribution is 1.92. The first-order valence-electron chi connectivity index (χ1n) is 3.44. The smallest absolute Gasteiger partial charge is 0.103 e. The number of aromatic nitrogens is 1. The number of H-pyrrole nitrogens is 1. The SMILES string of the molecule is CC.Cc1cc[nH]c(=S)c1. The predicted molar refractivity (Wildman–Crippen MR) is 47.7 cm³/mol. The Morgan fingerprint density at radius 2 is 2.00 bits per heavy atom. The van der Waals surface area contributed by atoms with Gasteiger partial charge in [-0.1, -0.05) is 26.1 Å². The van der Waals surface area contributed by atoms with Crippen molar-refractivity contribution >= 4 is 12.2 Å². The maximum atomic E-state index is 4.84. The lowest BCUT2D eigenvalue weighted by atomic mass is 10.3. The van der Waals surface area contributed by atoms with Crippen LogP contribution < -0.4 is 0 Å². The van der Waals surface area contributed by atoms with E-state index in [9.17, 15) is 0 Å². The molecule has 1 N–H and O–H groups in total. The quantitative estimate of drug-likeness (QED) is 0.569. The summed E-state index contributed by atoms with van der Waals surface area (Å²) in [5.41, 5.74) is 1.20. The molecule has 0 unspecified atom stereocenters. The molecule has 0 aliphatic carbocycles. The van der Waals surface area contributed by atoms with E-state index >= 15 is 0 Å². The van der Waals surface area contributed by atoms with E-state index in [4.69, 9.17) is 12.2 Å². The molecule has 0 spiro atoms. The number of rotatable bonds is 0. The van der Waals surface area contributed by atoms with Crippen LogP contribution in [-0.2, 0) is 0 Å². The van der Waals surface area contributed by atoms with Crippen molar-refractivity contribution in [2.45, 2.75) is 20.8 Å². The first-order chi connectivity index (χ1) is 4.79. The third kappa shape index (κ3) is 3.41. The van der Waals surface area contributed by atoms with Gasteiger partial charge in [0.1, 0.15) is 4.64 Å². The lowest BCUT2D eigenvalue weighted by molar-refractivity contribution is 1.26. The molecular formula is C8H13NS. The summed E-state index contributed by atoms with van der Waals surface area (Å²) < 4.78 is 0.796. The zero-order chi connectivity index (χ0) is 7.98. The fourth-order valence-corrected chi connectivity index (χ4v) is 0.806. The largest absolute Gasteiger partial charge is 0.353 e. The van der Waals surface area contributed by atoms with Gasteiger partial charge in [-0.2, -0.15) is 0 Å². The van der Waals surface area contributed by atoms with Crippen LogP contribution in [0.4, 0.5) is 0 Å². The molecule has 1 nitrogen and oxygen atoms in total. The summed E-state index contributed by atoms with van der Waals surface area (Å²) in [6.07, 6.45) is 1.84. The van der Waals surface area contributed by atoms with E-state index < -0.39 is 0 Å². The molecule has 0 aliphatic heterocycles. The van der Waals surface area contributed by atoms with Crippen molar-refractivity contribution in [3.05, 3.63) is 28.5 Å². The number of hydrogen-bond donors (Lipinski definition) is 1. The van der Waals surface area contributed by atoms with Crippen LogP contribution in [0.25, 0.3) is 0 Å². The van der Waals surface area contributed by atoms with Gasteiger partial charge in [-0.15, -0.1) is 0 Å². The molecule has 0 saturated heterocycles. The van der Waals surface area contributed by atoms with Crippen molar-refractivity contribution in [2.24, 2.45) is 0 Å². The molecule has 0 saturated carbocycles. The molecule has 0 fully saturated rings. The number of hydrogen-bond acceptors (Lipinski definition) is 1. The molecule has 1 aromatic rings. The fraction of sp³-hybridized carbons (Fsp3) is 0.375. The second kappa shape index (κ2) is 5.18. The molecule has 56 valence electrons. The molecule has 0 amide bonds. The van der Waals surface area contributed by atoms with Gasteiger partial charge in [-0.05, 0) is 24.6 Å². The topological polar surface area (TPSA) is 15.8 Å². The Morgan fingerprint density at radius 3 is 2.30 bits per heavy atom. The van der Waals surface area contributed by atoms with Crippen molar-refractivity contribution in [1.29, 1.82) is 0 Å². The minimum atomic E-state index is 0.796. The van der Waals surface area contributed by atoms with Gasteiger partial charge in [0.15, 0.2) is 0 Å². The summed E-state index contributed by atoms with van der Waals surface area (Å²) in [5, 5.41) is 0. The van der Waals surface area contributed by atoms with E-state index in [1.807, 2.05) is 39.1 Å². The normalized spacial score (nSPS) is 7.90. The van der Waals surface area contributed by atoms with Crippen LogP contribution >= 0.6 is 12.2 Å². The van der Waals surface area contributed by atoms with Crippen molar-refractivity contribution in [2.75, 3.05) is 0 Å². The third-order valence-corrected chi connectivity index (χ3v) is 1.17. The Morgan fingerprint density at radius 1 is 1.40 bits per heavy atom. The molecule has 10 heavy (non-hydrogen) atoms. The molecule has 2 heteroatoms. The Labute approximate surface area is 67.1 Å². The van der Waals surface area contributed by atoms with E-state index in [1.165, 1.54) is 5.56 Å². The molecule has 1 rings (SSSR count).